The molecule has 4 N–H and O–H groups in total. The highest BCUT2D eigenvalue weighted by atomic mass is 16.4. The maximum atomic E-state index is 10.9. The molecule has 1 amide bonds. The van der Waals surface area contributed by atoms with Crippen LogP contribution in [0.5, 0.6) is 0 Å². The average Bonchev–Trinajstić information content (AvgIpc) is 2.73. The predicted molar refractivity (Wildman–Crippen MR) is 63.4 cm³/mol. The van der Waals surface area contributed by atoms with Crippen LogP contribution in [-0.2, 0) is 11.2 Å². The fourth-order valence-corrected chi connectivity index (χ4v) is 1.38. The van der Waals surface area contributed by atoms with Crippen LogP contribution >= 0.6 is 0 Å². The monoisotopic (exact) mass is 241 g/mol. The second kappa shape index (κ2) is 6.85. The number of nitrogens with two attached hydrogens (primary N) is 2. The SMILES string of the molecule is CCCCN(CC(N)=O)c1nnc(CCN)o1. The summed E-state index contributed by atoms with van der Waals surface area (Å²) < 4.78 is 5.40. The molecule has 0 unspecified atom stereocenters. The van der Waals surface area contributed by atoms with Crippen LogP contribution in [0.15, 0.2) is 4.42 Å². The Labute approximate surface area is 100 Å². The number of aromatic nitrogens is 2. The van der Waals surface area contributed by atoms with Gasteiger partial charge in [-0.15, -0.1) is 5.10 Å². The first kappa shape index (κ1) is 13.4. The highest BCUT2D eigenvalue weighted by Crippen LogP contribution is 2.12. The van der Waals surface area contributed by atoms with E-state index < -0.39 is 5.91 Å². The number of anilines is 1. The molecule has 1 aromatic heterocycles. The van der Waals surface area contributed by atoms with Gasteiger partial charge in [0.1, 0.15) is 6.54 Å². The number of nitrogens with zero attached hydrogens (tertiary/aromatic N) is 3. The van der Waals surface area contributed by atoms with E-state index in [2.05, 4.69) is 17.1 Å². The molecule has 17 heavy (non-hydrogen) atoms. The zero-order valence-corrected chi connectivity index (χ0v) is 10.1. The molecule has 7 nitrogen and oxygen atoms in total. The first-order chi connectivity index (χ1) is 8.17. The van der Waals surface area contributed by atoms with Crippen LogP contribution in [0.4, 0.5) is 6.01 Å². The third-order valence-electron chi connectivity index (χ3n) is 2.21. The van der Waals surface area contributed by atoms with Crippen molar-refractivity contribution in [2.24, 2.45) is 11.5 Å². The van der Waals surface area contributed by atoms with Crippen molar-refractivity contribution < 1.29 is 9.21 Å². The quantitative estimate of drug-likeness (QED) is 0.644. The minimum atomic E-state index is -0.417. The van der Waals surface area contributed by atoms with Crippen molar-refractivity contribution in [3.63, 3.8) is 0 Å². The molecular formula is C10H19N5O2. The van der Waals surface area contributed by atoms with Crippen LogP contribution < -0.4 is 16.4 Å². The Balaban J connectivity index is 2.68. The second-order valence-electron chi connectivity index (χ2n) is 3.76. The summed E-state index contributed by atoms with van der Waals surface area (Å²) in [4.78, 5) is 12.6. The molecule has 0 aliphatic carbocycles. The Morgan fingerprint density at radius 1 is 1.47 bits per heavy atom. The first-order valence-electron chi connectivity index (χ1n) is 5.73. The molecule has 1 heterocycles. The fraction of sp³-hybridized carbons (Fsp3) is 0.700. The number of rotatable bonds is 8. The van der Waals surface area contributed by atoms with Gasteiger partial charge in [-0.25, -0.2) is 0 Å². The third-order valence-corrected chi connectivity index (χ3v) is 2.21. The van der Waals surface area contributed by atoms with Gasteiger partial charge in [-0.05, 0) is 6.42 Å². The number of hydrogen-bond donors (Lipinski definition) is 2. The van der Waals surface area contributed by atoms with Gasteiger partial charge in [0.05, 0.1) is 0 Å². The van der Waals surface area contributed by atoms with Gasteiger partial charge < -0.3 is 20.8 Å². The maximum absolute atomic E-state index is 10.9. The van der Waals surface area contributed by atoms with E-state index in [1.807, 2.05) is 0 Å². The molecule has 0 bridgehead atoms. The number of amides is 1. The zero-order valence-electron chi connectivity index (χ0n) is 10.1. The molecule has 0 aromatic carbocycles. The molecular weight excluding hydrogens is 222 g/mol. The summed E-state index contributed by atoms with van der Waals surface area (Å²) in [6, 6.07) is 0.334. The van der Waals surface area contributed by atoms with Gasteiger partial charge in [0, 0.05) is 19.5 Å². The van der Waals surface area contributed by atoms with Gasteiger partial charge in [0.25, 0.3) is 0 Å². The second-order valence-corrected chi connectivity index (χ2v) is 3.76. The summed E-state index contributed by atoms with van der Waals surface area (Å²) in [5, 5.41) is 7.74. The van der Waals surface area contributed by atoms with Gasteiger partial charge in [-0.3, -0.25) is 4.79 Å². The van der Waals surface area contributed by atoms with E-state index in [9.17, 15) is 4.79 Å². The van der Waals surface area contributed by atoms with E-state index in [0.717, 1.165) is 12.8 Å². The highest BCUT2D eigenvalue weighted by molar-refractivity contribution is 5.78. The molecule has 7 heteroatoms. The number of primary amides is 1. The van der Waals surface area contributed by atoms with Crippen LogP contribution in [0.3, 0.4) is 0 Å². The van der Waals surface area contributed by atoms with Crippen molar-refractivity contribution in [3.05, 3.63) is 5.89 Å². The Morgan fingerprint density at radius 3 is 2.82 bits per heavy atom. The average molecular weight is 241 g/mol. The van der Waals surface area contributed by atoms with Gasteiger partial charge in [0.15, 0.2) is 0 Å². The molecule has 0 radical (unpaired) electrons. The molecule has 0 spiro atoms. The van der Waals surface area contributed by atoms with Crippen LogP contribution in [0.2, 0.25) is 0 Å². The minimum Gasteiger partial charge on any atom is -0.408 e. The van der Waals surface area contributed by atoms with E-state index in [0.29, 0.717) is 31.4 Å². The highest BCUT2D eigenvalue weighted by Gasteiger charge is 2.15. The lowest BCUT2D eigenvalue weighted by Gasteiger charge is -2.17. The van der Waals surface area contributed by atoms with Gasteiger partial charge in [0.2, 0.25) is 11.8 Å². The van der Waals surface area contributed by atoms with Crippen LogP contribution in [0.1, 0.15) is 25.7 Å². The molecule has 0 saturated carbocycles. The molecule has 0 atom stereocenters. The molecule has 96 valence electrons. The smallest absolute Gasteiger partial charge is 0.318 e. The van der Waals surface area contributed by atoms with Gasteiger partial charge >= 0.3 is 6.01 Å². The Hall–Kier alpha value is -1.63. The summed E-state index contributed by atoms with van der Waals surface area (Å²) in [5.41, 5.74) is 10.6. The number of carbonyl (C=O) groups is 1. The van der Waals surface area contributed by atoms with Gasteiger partial charge in [-0.2, -0.15) is 0 Å². The normalized spacial score (nSPS) is 10.5. The van der Waals surface area contributed by atoms with Crippen molar-refractivity contribution >= 4 is 11.9 Å². The predicted octanol–water partition coefficient (Wildman–Crippen LogP) is -0.337. The first-order valence-corrected chi connectivity index (χ1v) is 5.73. The topological polar surface area (TPSA) is 111 Å². The maximum Gasteiger partial charge on any atom is 0.318 e. The minimum absolute atomic E-state index is 0.0876. The zero-order chi connectivity index (χ0) is 12.7. The van der Waals surface area contributed by atoms with Gasteiger partial charge in [-0.1, -0.05) is 18.4 Å². The number of carbonyl (C=O) groups excluding carboxylic acids is 1. The molecule has 1 rings (SSSR count). The van der Waals surface area contributed by atoms with Crippen LogP contribution in [0, 0.1) is 0 Å². The van der Waals surface area contributed by atoms with Crippen LogP contribution in [-0.4, -0.2) is 35.7 Å². The van der Waals surface area contributed by atoms with E-state index in [-0.39, 0.29) is 6.54 Å². The number of unbranched alkanes of at least 4 members (excludes halogenated alkanes) is 1. The molecule has 0 saturated heterocycles. The van der Waals surface area contributed by atoms with E-state index in [1.165, 1.54) is 0 Å². The van der Waals surface area contributed by atoms with E-state index >= 15 is 0 Å². The van der Waals surface area contributed by atoms with Crippen molar-refractivity contribution in [2.45, 2.75) is 26.2 Å². The van der Waals surface area contributed by atoms with Crippen molar-refractivity contribution in [1.82, 2.24) is 10.2 Å². The van der Waals surface area contributed by atoms with Crippen molar-refractivity contribution in [1.29, 1.82) is 0 Å². The van der Waals surface area contributed by atoms with E-state index in [4.69, 9.17) is 15.9 Å². The van der Waals surface area contributed by atoms with E-state index in [1.54, 1.807) is 4.90 Å². The summed E-state index contributed by atoms with van der Waals surface area (Å²) in [5.74, 6) is 0.0631. The summed E-state index contributed by atoms with van der Waals surface area (Å²) in [6.07, 6.45) is 2.48. The fourth-order valence-electron chi connectivity index (χ4n) is 1.38. The van der Waals surface area contributed by atoms with Crippen LogP contribution in [0.25, 0.3) is 0 Å². The molecule has 0 aliphatic heterocycles. The molecule has 1 aromatic rings. The lowest BCUT2D eigenvalue weighted by molar-refractivity contribution is -0.116. The largest absolute Gasteiger partial charge is 0.408 e. The summed E-state index contributed by atoms with van der Waals surface area (Å²) in [6.45, 7) is 3.27. The Morgan fingerprint density at radius 2 is 2.24 bits per heavy atom. The summed E-state index contributed by atoms with van der Waals surface area (Å²) >= 11 is 0. The summed E-state index contributed by atoms with van der Waals surface area (Å²) in [7, 11) is 0. The lowest BCUT2D eigenvalue weighted by atomic mass is 10.3. The van der Waals surface area contributed by atoms with Crippen molar-refractivity contribution in [3.8, 4) is 0 Å². The Kier molecular flexibility index (Phi) is 5.41. The number of hydrogen-bond acceptors (Lipinski definition) is 6. The lowest BCUT2D eigenvalue weighted by Crippen LogP contribution is -2.34. The third kappa shape index (κ3) is 4.39. The standard InChI is InChI=1S/C10H19N5O2/c1-2-3-6-15(7-8(12)16)10-14-13-9(17-10)4-5-11/h2-7,11H2,1H3,(H2,12,16). The van der Waals surface area contributed by atoms with Crippen molar-refractivity contribution in [2.75, 3.05) is 24.5 Å². The molecule has 0 fully saturated rings. The molecule has 0 aliphatic rings. The Bertz CT molecular complexity index is 352.